The molecule has 10 nitrogen and oxygen atoms in total. The van der Waals surface area contributed by atoms with Gasteiger partial charge < -0.3 is 24.5 Å². The van der Waals surface area contributed by atoms with Gasteiger partial charge in [-0.05, 0) is 50.1 Å². The van der Waals surface area contributed by atoms with E-state index in [2.05, 4.69) is 16.5 Å². The Hall–Kier alpha value is -4.58. The number of piperazine rings is 1. The number of aromatic hydroxyl groups is 1. The van der Waals surface area contributed by atoms with Gasteiger partial charge in [0, 0.05) is 45.5 Å². The largest absolute Gasteiger partial charge is 0.507 e. The molecule has 43 heavy (non-hydrogen) atoms. The van der Waals surface area contributed by atoms with Crippen LogP contribution in [-0.2, 0) is 9.53 Å². The van der Waals surface area contributed by atoms with Crippen molar-refractivity contribution in [2.24, 2.45) is 4.99 Å². The minimum absolute atomic E-state index is 0.110. The third kappa shape index (κ3) is 4.07. The molecule has 2 aromatic heterocycles. The van der Waals surface area contributed by atoms with Crippen LogP contribution in [0.1, 0.15) is 36.3 Å². The number of aliphatic imine (C=N–C) groups is 1. The number of amidine groups is 1. The van der Waals surface area contributed by atoms with Crippen LogP contribution in [0.25, 0.3) is 11.3 Å². The zero-order valence-electron chi connectivity index (χ0n) is 24.1. The lowest BCUT2D eigenvalue weighted by Gasteiger charge is -2.49. The van der Waals surface area contributed by atoms with Crippen LogP contribution < -0.4 is 9.80 Å². The van der Waals surface area contributed by atoms with Gasteiger partial charge >= 0.3 is 0 Å². The van der Waals surface area contributed by atoms with E-state index in [1.165, 1.54) is 24.3 Å². The molecule has 3 unspecified atom stereocenters. The Kier molecular flexibility index (Phi) is 6.35. The van der Waals surface area contributed by atoms with Gasteiger partial charge in [-0.3, -0.25) is 14.7 Å². The Balaban J connectivity index is 1.51. The first-order valence-corrected chi connectivity index (χ1v) is 14.3. The van der Waals surface area contributed by atoms with Crippen molar-refractivity contribution in [1.29, 1.82) is 0 Å². The monoisotopic (exact) mass is 587 g/mol. The lowest BCUT2D eigenvalue weighted by molar-refractivity contribution is -0.128. The number of aryl methyl sites for hydroxylation is 1. The maximum atomic E-state index is 16.8. The number of amides is 1. The fourth-order valence-corrected chi connectivity index (χ4v) is 6.64. The molecule has 1 fully saturated rings. The molecule has 4 aliphatic heterocycles. The molecule has 0 radical (unpaired) electrons. The first-order chi connectivity index (χ1) is 20.7. The van der Waals surface area contributed by atoms with E-state index < -0.39 is 29.8 Å². The highest BCUT2D eigenvalue weighted by atomic mass is 19.1. The summed E-state index contributed by atoms with van der Waals surface area (Å²) in [4.78, 5) is 34.4. The molecule has 1 amide bonds. The number of pyridine rings is 2. The molecule has 3 aromatic rings. The van der Waals surface area contributed by atoms with Crippen LogP contribution in [0.2, 0.25) is 0 Å². The van der Waals surface area contributed by atoms with Gasteiger partial charge in [0.2, 0.25) is 12.3 Å². The van der Waals surface area contributed by atoms with Gasteiger partial charge in [0.05, 0.1) is 28.2 Å². The van der Waals surface area contributed by atoms with Gasteiger partial charge in [0.25, 0.3) is 0 Å². The predicted octanol–water partition coefficient (Wildman–Crippen LogP) is 4.25. The fourth-order valence-electron chi connectivity index (χ4n) is 6.64. The van der Waals surface area contributed by atoms with E-state index in [-0.39, 0.29) is 28.9 Å². The molecule has 222 valence electrons. The Morgan fingerprint density at radius 2 is 1.98 bits per heavy atom. The summed E-state index contributed by atoms with van der Waals surface area (Å²) in [5.41, 5.74) is 2.32. The Labute approximate surface area is 247 Å². The van der Waals surface area contributed by atoms with Crippen LogP contribution in [0.5, 0.6) is 5.75 Å². The normalized spacial score (nSPS) is 22.4. The molecule has 1 saturated heterocycles. The number of carbonyl (C=O) groups excluding carboxylic acids is 1. The number of phenols is 1. The summed E-state index contributed by atoms with van der Waals surface area (Å²) in [6.45, 7) is 9.29. The van der Waals surface area contributed by atoms with Gasteiger partial charge in [0.1, 0.15) is 29.2 Å². The zero-order valence-corrected chi connectivity index (χ0v) is 24.1. The molecular formula is C31H31F2N7O3. The second-order valence-electron chi connectivity index (χ2n) is 11.3. The quantitative estimate of drug-likeness (QED) is 0.445. The summed E-state index contributed by atoms with van der Waals surface area (Å²) in [5.74, 6) is -1.29. The summed E-state index contributed by atoms with van der Waals surface area (Å²) >= 11 is 0. The molecule has 0 saturated carbocycles. The Morgan fingerprint density at radius 1 is 1.16 bits per heavy atom. The lowest BCUT2D eigenvalue weighted by Crippen LogP contribution is -2.59. The van der Waals surface area contributed by atoms with E-state index in [1.807, 2.05) is 19.9 Å². The van der Waals surface area contributed by atoms with Crippen molar-refractivity contribution in [3.8, 4) is 17.0 Å². The maximum Gasteiger partial charge on any atom is 0.246 e. The molecule has 1 N–H and O–H groups in total. The summed E-state index contributed by atoms with van der Waals surface area (Å²) in [6, 6.07) is 5.61. The minimum atomic E-state index is -0.862. The predicted molar refractivity (Wildman–Crippen MR) is 157 cm³/mol. The van der Waals surface area contributed by atoms with Gasteiger partial charge in [-0.25, -0.2) is 18.8 Å². The SMILES string of the molecule is C=CC(=O)N1CCN2C3=NC4OC(C)c5nccc(C)c5N4c4nc(-c5c(O)cccc5F)c(F)c(c43)N(C)CCC2C1. The smallest absolute Gasteiger partial charge is 0.246 e. The number of benzene rings is 1. The number of phenolic OH excluding ortho intramolecular Hbond substituents is 1. The fraction of sp³-hybridized carbons (Fsp3) is 0.355. The molecule has 1 aromatic carbocycles. The number of anilines is 3. The van der Waals surface area contributed by atoms with Crippen molar-refractivity contribution in [1.82, 2.24) is 19.8 Å². The molecular weight excluding hydrogens is 556 g/mol. The molecule has 0 spiro atoms. The molecule has 7 rings (SSSR count). The van der Waals surface area contributed by atoms with E-state index in [1.54, 1.807) is 27.9 Å². The van der Waals surface area contributed by atoms with E-state index in [4.69, 9.17) is 14.7 Å². The molecule has 0 bridgehead atoms. The third-order valence-electron chi connectivity index (χ3n) is 8.75. The molecule has 6 heterocycles. The van der Waals surface area contributed by atoms with Crippen LogP contribution in [0.4, 0.5) is 26.0 Å². The molecule has 3 atom stereocenters. The number of carbonyl (C=O) groups is 1. The zero-order chi connectivity index (χ0) is 30.2. The van der Waals surface area contributed by atoms with E-state index in [0.717, 1.165) is 11.3 Å². The number of halogens is 2. The average molecular weight is 588 g/mol. The standard InChI is InChI=1S/C31H31F2N7O3/c1-5-21(42)38-13-14-39-18(15-38)10-12-37(4)28-23-29(39)36-31-40(27-16(2)9-11-34-25(27)17(3)43-31)30(23)35-26(24(28)33)22-19(32)7-6-8-20(22)41/h5-9,11,17-18,31,41H,1,10,12-15H2,2-4H3. The minimum Gasteiger partial charge on any atom is -0.507 e. The van der Waals surface area contributed by atoms with E-state index in [9.17, 15) is 9.90 Å². The van der Waals surface area contributed by atoms with Crippen LogP contribution in [0.3, 0.4) is 0 Å². The van der Waals surface area contributed by atoms with Crippen LogP contribution in [0, 0.1) is 18.6 Å². The van der Waals surface area contributed by atoms with Gasteiger partial charge in [0.15, 0.2) is 11.6 Å². The highest BCUT2D eigenvalue weighted by Crippen LogP contribution is 2.50. The Bertz CT molecular complexity index is 1690. The number of rotatable bonds is 2. The summed E-state index contributed by atoms with van der Waals surface area (Å²) in [5, 5.41) is 10.7. The first-order valence-electron chi connectivity index (χ1n) is 14.3. The van der Waals surface area contributed by atoms with Crippen LogP contribution >= 0.6 is 0 Å². The van der Waals surface area contributed by atoms with Crippen molar-refractivity contribution in [3.63, 3.8) is 0 Å². The number of aromatic nitrogens is 2. The van der Waals surface area contributed by atoms with Gasteiger partial charge in [-0.2, -0.15) is 0 Å². The highest BCUT2D eigenvalue weighted by molar-refractivity contribution is 6.11. The van der Waals surface area contributed by atoms with Crippen molar-refractivity contribution in [2.45, 2.75) is 38.8 Å². The van der Waals surface area contributed by atoms with Crippen molar-refractivity contribution in [2.75, 3.05) is 43.0 Å². The van der Waals surface area contributed by atoms with Crippen molar-refractivity contribution >= 4 is 28.9 Å². The summed E-state index contributed by atoms with van der Waals surface area (Å²) < 4.78 is 38.5. The molecule has 4 aliphatic rings. The number of nitrogens with zero attached hydrogens (tertiary/aromatic N) is 7. The number of ether oxygens (including phenoxy) is 1. The first kappa shape index (κ1) is 27.3. The topological polar surface area (TPSA) is 97.6 Å². The Morgan fingerprint density at radius 3 is 2.74 bits per heavy atom. The van der Waals surface area contributed by atoms with Crippen molar-refractivity contribution < 1.29 is 23.4 Å². The molecule has 12 heteroatoms. The maximum absolute atomic E-state index is 16.8. The highest BCUT2D eigenvalue weighted by Gasteiger charge is 2.46. The lowest BCUT2D eigenvalue weighted by atomic mass is 9.97. The van der Waals surface area contributed by atoms with Gasteiger partial charge in [-0.1, -0.05) is 12.6 Å². The van der Waals surface area contributed by atoms with Crippen LogP contribution in [-0.4, -0.2) is 82.2 Å². The third-order valence-corrected chi connectivity index (χ3v) is 8.75. The molecule has 0 aliphatic carbocycles. The van der Waals surface area contributed by atoms with Crippen molar-refractivity contribution in [3.05, 3.63) is 71.6 Å². The summed E-state index contributed by atoms with van der Waals surface area (Å²) in [6.07, 6.45) is 2.37. The second kappa shape index (κ2) is 10.0. The van der Waals surface area contributed by atoms with Gasteiger partial charge in [-0.15, -0.1) is 0 Å². The summed E-state index contributed by atoms with van der Waals surface area (Å²) in [7, 11) is 1.77. The number of fused-ring (bicyclic) bond motifs is 6. The average Bonchev–Trinajstić information content (AvgIpc) is 2.98. The van der Waals surface area contributed by atoms with E-state index in [0.29, 0.717) is 55.5 Å². The second-order valence-corrected chi connectivity index (χ2v) is 11.3. The van der Waals surface area contributed by atoms with E-state index >= 15 is 8.78 Å². The number of hydrogen-bond acceptors (Lipinski definition) is 9. The van der Waals surface area contributed by atoms with Crippen LogP contribution in [0.15, 0.2) is 48.1 Å². The number of hydrogen-bond donors (Lipinski definition) is 1.